The number of aryl methyl sites for hydroxylation is 1. The Balaban J connectivity index is 2.21. The Bertz CT molecular complexity index is 552. The van der Waals surface area contributed by atoms with Crippen molar-refractivity contribution in [2.75, 3.05) is 5.32 Å². The first-order valence-corrected chi connectivity index (χ1v) is 7.79. The average molecular weight is 333 g/mol. The van der Waals surface area contributed by atoms with E-state index in [9.17, 15) is 0 Å². The molecule has 0 aliphatic carbocycles. The zero-order chi connectivity index (χ0) is 14.5. The molecule has 1 heterocycles. The molecule has 0 saturated heterocycles. The molecule has 0 aliphatic heterocycles. The third-order valence-corrected chi connectivity index (χ3v) is 4.09. The van der Waals surface area contributed by atoms with Gasteiger partial charge in [-0.05, 0) is 52.4 Å². The van der Waals surface area contributed by atoms with E-state index in [1.165, 1.54) is 5.56 Å². The van der Waals surface area contributed by atoms with Gasteiger partial charge in [-0.25, -0.2) is 4.98 Å². The maximum Gasteiger partial charge on any atom is 0.109 e. The molecule has 106 valence electrons. The Morgan fingerprint density at radius 3 is 2.50 bits per heavy atom. The van der Waals surface area contributed by atoms with Crippen molar-refractivity contribution >= 4 is 21.6 Å². The van der Waals surface area contributed by atoms with E-state index in [1.54, 1.807) is 0 Å². The van der Waals surface area contributed by atoms with Crippen LogP contribution in [0, 0.1) is 12.8 Å². The molecule has 0 fully saturated rings. The minimum atomic E-state index is 0.318. The standard InChI is InChI=1S/C17H21BrN2/c1-12(2)9-16(14-7-5-4-6-8-14)20-15-10-13(3)17(18)19-11-15/h4-8,10-12,16,20H,9H2,1-3H3. The Hall–Kier alpha value is -1.35. The average Bonchev–Trinajstić information content (AvgIpc) is 2.43. The summed E-state index contributed by atoms with van der Waals surface area (Å²) < 4.78 is 0.906. The molecule has 1 aromatic heterocycles. The van der Waals surface area contributed by atoms with E-state index in [0.717, 1.165) is 22.3 Å². The van der Waals surface area contributed by atoms with Crippen molar-refractivity contribution in [3.63, 3.8) is 0 Å². The number of pyridine rings is 1. The number of nitrogens with zero attached hydrogens (tertiary/aromatic N) is 1. The van der Waals surface area contributed by atoms with Gasteiger partial charge in [-0.2, -0.15) is 0 Å². The molecular weight excluding hydrogens is 312 g/mol. The number of anilines is 1. The molecule has 3 heteroatoms. The molecule has 2 rings (SSSR count). The van der Waals surface area contributed by atoms with Crippen molar-refractivity contribution in [3.05, 3.63) is 58.3 Å². The van der Waals surface area contributed by atoms with Crippen LogP contribution in [0.4, 0.5) is 5.69 Å². The van der Waals surface area contributed by atoms with Crippen molar-refractivity contribution < 1.29 is 0 Å². The number of aromatic nitrogens is 1. The number of hydrogen-bond acceptors (Lipinski definition) is 2. The van der Waals surface area contributed by atoms with Crippen molar-refractivity contribution in [1.29, 1.82) is 0 Å². The smallest absolute Gasteiger partial charge is 0.109 e. The van der Waals surface area contributed by atoms with Crippen LogP contribution < -0.4 is 5.32 Å². The summed E-state index contributed by atoms with van der Waals surface area (Å²) in [5, 5.41) is 3.61. The van der Waals surface area contributed by atoms with Gasteiger partial charge in [0.25, 0.3) is 0 Å². The van der Waals surface area contributed by atoms with Gasteiger partial charge in [0.2, 0.25) is 0 Å². The summed E-state index contributed by atoms with van der Waals surface area (Å²) in [5.74, 6) is 0.636. The molecule has 20 heavy (non-hydrogen) atoms. The highest BCUT2D eigenvalue weighted by atomic mass is 79.9. The van der Waals surface area contributed by atoms with Gasteiger partial charge in [0.15, 0.2) is 0 Å². The molecule has 0 aliphatic rings. The van der Waals surface area contributed by atoms with E-state index in [0.29, 0.717) is 12.0 Å². The second-order valence-corrected chi connectivity index (χ2v) is 6.32. The highest BCUT2D eigenvalue weighted by molar-refractivity contribution is 9.10. The van der Waals surface area contributed by atoms with Gasteiger partial charge in [-0.1, -0.05) is 44.2 Å². The van der Waals surface area contributed by atoms with E-state index in [-0.39, 0.29) is 0 Å². The summed E-state index contributed by atoms with van der Waals surface area (Å²) in [6.07, 6.45) is 2.98. The van der Waals surface area contributed by atoms with Crippen LogP contribution in [0.1, 0.15) is 37.4 Å². The minimum absolute atomic E-state index is 0.318. The highest BCUT2D eigenvalue weighted by Gasteiger charge is 2.13. The fourth-order valence-electron chi connectivity index (χ4n) is 2.27. The molecule has 1 unspecified atom stereocenters. The van der Waals surface area contributed by atoms with Crippen molar-refractivity contribution in [2.24, 2.45) is 5.92 Å². The molecule has 0 radical (unpaired) electrons. The third-order valence-electron chi connectivity index (χ3n) is 3.26. The zero-order valence-electron chi connectivity index (χ0n) is 12.2. The first kappa shape index (κ1) is 15.0. The Morgan fingerprint density at radius 2 is 1.90 bits per heavy atom. The first-order chi connectivity index (χ1) is 9.56. The second kappa shape index (κ2) is 6.89. The van der Waals surface area contributed by atoms with Gasteiger partial charge in [0.05, 0.1) is 17.9 Å². The van der Waals surface area contributed by atoms with Crippen LogP contribution in [0.3, 0.4) is 0 Å². The van der Waals surface area contributed by atoms with Crippen LogP contribution >= 0.6 is 15.9 Å². The Kier molecular flexibility index (Phi) is 5.18. The van der Waals surface area contributed by atoms with E-state index in [2.05, 4.69) is 83.4 Å². The van der Waals surface area contributed by atoms with Crippen molar-refractivity contribution in [1.82, 2.24) is 4.98 Å². The third kappa shape index (κ3) is 4.07. The van der Waals surface area contributed by atoms with E-state index >= 15 is 0 Å². The fraction of sp³-hybridized carbons (Fsp3) is 0.353. The van der Waals surface area contributed by atoms with Gasteiger partial charge in [-0.3, -0.25) is 0 Å². The maximum atomic E-state index is 4.36. The number of benzene rings is 1. The van der Waals surface area contributed by atoms with Gasteiger partial charge in [0, 0.05) is 0 Å². The number of rotatable bonds is 5. The summed E-state index contributed by atoms with van der Waals surface area (Å²) in [6.45, 7) is 6.56. The van der Waals surface area contributed by atoms with E-state index in [4.69, 9.17) is 0 Å². The molecule has 0 bridgehead atoms. The maximum absolute atomic E-state index is 4.36. The van der Waals surface area contributed by atoms with Crippen molar-refractivity contribution in [2.45, 2.75) is 33.2 Å². The van der Waals surface area contributed by atoms with Gasteiger partial charge >= 0.3 is 0 Å². The molecule has 2 aromatic rings. The van der Waals surface area contributed by atoms with Gasteiger partial charge < -0.3 is 5.32 Å². The lowest BCUT2D eigenvalue weighted by atomic mass is 9.97. The summed E-state index contributed by atoms with van der Waals surface area (Å²) >= 11 is 3.44. The molecule has 1 atom stereocenters. The van der Waals surface area contributed by atoms with E-state index < -0.39 is 0 Å². The normalized spacial score (nSPS) is 12.4. The van der Waals surface area contributed by atoms with Gasteiger partial charge in [-0.15, -0.1) is 0 Å². The molecule has 0 saturated carbocycles. The van der Waals surface area contributed by atoms with Crippen LogP contribution in [0.25, 0.3) is 0 Å². The predicted molar refractivity (Wildman–Crippen MR) is 88.9 cm³/mol. The van der Waals surface area contributed by atoms with Crippen LogP contribution in [0.15, 0.2) is 47.2 Å². The number of hydrogen-bond donors (Lipinski definition) is 1. The summed E-state index contributed by atoms with van der Waals surface area (Å²) in [6, 6.07) is 13.1. The quantitative estimate of drug-likeness (QED) is 0.746. The second-order valence-electron chi connectivity index (χ2n) is 5.57. The monoisotopic (exact) mass is 332 g/mol. The topological polar surface area (TPSA) is 24.9 Å². The number of halogens is 1. The lowest BCUT2D eigenvalue weighted by Gasteiger charge is -2.22. The van der Waals surface area contributed by atoms with Crippen LogP contribution in [-0.4, -0.2) is 4.98 Å². The number of nitrogens with one attached hydrogen (secondary N) is 1. The summed E-state index contributed by atoms with van der Waals surface area (Å²) in [4.78, 5) is 4.36. The minimum Gasteiger partial charge on any atom is -0.377 e. The Morgan fingerprint density at radius 1 is 1.20 bits per heavy atom. The van der Waals surface area contributed by atoms with Gasteiger partial charge in [0.1, 0.15) is 4.60 Å². The molecule has 1 N–H and O–H groups in total. The summed E-state index contributed by atoms with van der Waals surface area (Å²) in [5.41, 5.74) is 3.54. The SMILES string of the molecule is Cc1cc(NC(CC(C)C)c2ccccc2)cnc1Br. The zero-order valence-corrected chi connectivity index (χ0v) is 13.8. The van der Waals surface area contributed by atoms with E-state index in [1.807, 2.05) is 6.20 Å². The Labute approximate surface area is 129 Å². The van der Waals surface area contributed by atoms with Crippen LogP contribution in [-0.2, 0) is 0 Å². The molecule has 1 aromatic carbocycles. The molecule has 0 spiro atoms. The molecule has 0 amide bonds. The first-order valence-electron chi connectivity index (χ1n) is 7.00. The highest BCUT2D eigenvalue weighted by Crippen LogP contribution is 2.27. The fourth-order valence-corrected chi connectivity index (χ4v) is 2.49. The molecular formula is C17H21BrN2. The lowest BCUT2D eigenvalue weighted by Crippen LogP contribution is -2.13. The van der Waals surface area contributed by atoms with Crippen LogP contribution in [0.2, 0.25) is 0 Å². The predicted octanol–water partition coefficient (Wildman–Crippen LogP) is 5.35. The lowest BCUT2D eigenvalue weighted by molar-refractivity contribution is 0.531. The van der Waals surface area contributed by atoms with Crippen LogP contribution in [0.5, 0.6) is 0 Å². The van der Waals surface area contributed by atoms with Crippen molar-refractivity contribution in [3.8, 4) is 0 Å². The summed E-state index contributed by atoms with van der Waals surface area (Å²) in [7, 11) is 0. The largest absolute Gasteiger partial charge is 0.377 e. The molecule has 2 nitrogen and oxygen atoms in total.